The van der Waals surface area contributed by atoms with Crippen LogP contribution in [0.4, 0.5) is 5.69 Å². The Morgan fingerprint density at radius 2 is 1.92 bits per heavy atom. The molecule has 0 aliphatic heterocycles. The Hall–Kier alpha value is -2.82. The van der Waals surface area contributed by atoms with Gasteiger partial charge in [-0.3, -0.25) is 9.20 Å². The summed E-state index contributed by atoms with van der Waals surface area (Å²) in [6.07, 6.45) is 5.73. The highest BCUT2D eigenvalue weighted by Gasteiger charge is 2.18. The standard InChI is InChI=1S/C21H25N3O2/c1-3-5-15-26-17-12-10-16(11-13-17)22-21(25)20-18(8-4-2)23-19-9-6-7-14-24(19)20/h6-7,9-14H,3-5,8,15H2,1-2H3,(H,22,25). The lowest BCUT2D eigenvalue weighted by atomic mass is 10.2. The van der Waals surface area contributed by atoms with E-state index in [-0.39, 0.29) is 5.91 Å². The largest absolute Gasteiger partial charge is 0.494 e. The average molecular weight is 351 g/mol. The van der Waals surface area contributed by atoms with Gasteiger partial charge in [-0.2, -0.15) is 0 Å². The number of amides is 1. The first-order valence-corrected chi connectivity index (χ1v) is 9.23. The molecule has 0 bridgehead atoms. The maximum absolute atomic E-state index is 12.9. The van der Waals surface area contributed by atoms with Gasteiger partial charge in [0, 0.05) is 11.9 Å². The third-order valence-corrected chi connectivity index (χ3v) is 4.18. The number of carbonyl (C=O) groups excluding carboxylic acids is 1. The number of nitrogens with zero attached hydrogens (tertiary/aromatic N) is 2. The first-order valence-electron chi connectivity index (χ1n) is 9.23. The number of unbranched alkanes of at least 4 members (excludes halogenated alkanes) is 1. The molecule has 2 heterocycles. The molecule has 0 spiro atoms. The summed E-state index contributed by atoms with van der Waals surface area (Å²) in [6, 6.07) is 13.2. The Kier molecular flexibility index (Phi) is 5.89. The molecular weight excluding hydrogens is 326 g/mol. The molecule has 0 fully saturated rings. The number of imidazole rings is 1. The molecule has 0 aliphatic rings. The lowest BCUT2D eigenvalue weighted by molar-refractivity contribution is 0.102. The van der Waals surface area contributed by atoms with E-state index >= 15 is 0 Å². The smallest absolute Gasteiger partial charge is 0.274 e. The predicted octanol–water partition coefficient (Wildman–Crippen LogP) is 4.72. The SMILES string of the molecule is CCCCOc1ccc(NC(=O)c2c(CCC)nc3ccccn23)cc1. The molecule has 1 N–H and O–H groups in total. The fourth-order valence-corrected chi connectivity index (χ4v) is 2.86. The topological polar surface area (TPSA) is 55.6 Å². The van der Waals surface area contributed by atoms with E-state index in [2.05, 4.69) is 24.1 Å². The van der Waals surface area contributed by atoms with Crippen LogP contribution >= 0.6 is 0 Å². The number of benzene rings is 1. The number of pyridine rings is 1. The number of rotatable bonds is 8. The zero-order valence-corrected chi connectivity index (χ0v) is 15.4. The van der Waals surface area contributed by atoms with E-state index in [4.69, 9.17) is 4.74 Å². The minimum absolute atomic E-state index is 0.146. The molecule has 3 rings (SSSR count). The van der Waals surface area contributed by atoms with Gasteiger partial charge in [-0.05, 0) is 49.2 Å². The fourth-order valence-electron chi connectivity index (χ4n) is 2.86. The van der Waals surface area contributed by atoms with Gasteiger partial charge in [0.1, 0.15) is 17.1 Å². The summed E-state index contributed by atoms with van der Waals surface area (Å²) in [5, 5.41) is 2.97. The van der Waals surface area contributed by atoms with E-state index in [1.54, 1.807) is 0 Å². The molecule has 5 heteroatoms. The summed E-state index contributed by atoms with van der Waals surface area (Å²) >= 11 is 0. The van der Waals surface area contributed by atoms with Crippen molar-refractivity contribution >= 4 is 17.2 Å². The van der Waals surface area contributed by atoms with Crippen molar-refractivity contribution in [3.05, 3.63) is 60.0 Å². The van der Waals surface area contributed by atoms with Crippen molar-refractivity contribution in [2.45, 2.75) is 39.5 Å². The van der Waals surface area contributed by atoms with Gasteiger partial charge in [0.05, 0.1) is 12.3 Å². The number of carbonyl (C=O) groups is 1. The Bertz CT molecular complexity index is 869. The molecule has 0 aliphatic carbocycles. The van der Waals surface area contributed by atoms with E-state index in [1.807, 2.05) is 53.1 Å². The second-order valence-electron chi connectivity index (χ2n) is 6.27. The third-order valence-electron chi connectivity index (χ3n) is 4.18. The lowest BCUT2D eigenvalue weighted by Gasteiger charge is -2.09. The molecule has 0 radical (unpaired) electrons. The molecule has 0 atom stereocenters. The van der Waals surface area contributed by atoms with E-state index in [0.29, 0.717) is 12.3 Å². The zero-order chi connectivity index (χ0) is 18.4. The maximum Gasteiger partial charge on any atom is 0.274 e. The molecule has 136 valence electrons. The first-order chi connectivity index (χ1) is 12.7. The van der Waals surface area contributed by atoms with Crippen LogP contribution < -0.4 is 10.1 Å². The number of hydrogen-bond donors (Lipinski definition) is 1. The Balaban J connectivity index is 1.77. The van der Waals surface area contributed by atoms with Gasteiger partial charge in [-0.15, -0.1) is 0 Å². The summed E-state index contributed by atoms with van der Waals surface area (Å²) < 4.78 is 7.51. The van der Waals surface area contributed by atoms with Gasteiger partial charge >= 0.3 is 0 Å². The number of hydrogen-bond acceptors (Lipinski definition) is 3. The number of fused-ring (bicyclic) bond motifs is 1. The minimum Gasteiger partial charge on any atom is -0.494 e. The molecule has 5 nitrogen and oxygen atoms in total. The van der Waals surface area contributed by atoms with Crippen LogP contribution in [0.15, 0.2) is 48.7 Å². The van der Waals surface area contributed by atoms with Crippen molar-refractivity contribution in [1.29, 1.82) is 0 Å². The van der Waals surface area contributed by atoms with Gasteiger partial charge < -0.3 is 10.1 Å². The Morgan fingerprint density at radius 3 is 2.65 bits per heavy atom. The van der Waals surface area contributed by atoms with Gasteiger partial charge in [-0.25, -0.2) is 4.98 Å². The highest BCUT2D eigenvalue weighted by Crippen LogP contribution is 2.19. The van der Waals surface area contributed by atoms with Crippen LogP contribution in [0.3, 0.4) is 0 Å². The van der Waals surface area contributed by atoms with Crippen LogP contribution in [0.25, 0.3) is 5.65 Å². The highest BCUT2D eigenvalue weighted by molar-refractivity contribution is 6.04. The van der Waals surface area contributed by atoms with Crippen LogP contribution in [0, 0.1) is 0 Å². The fraction of sp³-hybridized carbons (Fsp3) is 0.333. The molecule has 0 saturated heterocycles. The summed E-state index contributed by atoms with van der Waals surface area (Å²) in [7, 11) is 0. The van der Waals surface area contributed by atoms with Crippen molar-refractivity contribution < 1.29 is 9.53 Å². The highest BCUT2D eigenvalue weighted by atomic mass is 16.5. The minimum atomic E-state index is -0.146. The Morgan fingerprint density at radius 1 is 1.12 bits per heavy atom. The summed E-state index contributed by atoms with van der Waals surface area (Å²) in [5.41, 5.74) is 2.97. The van der Waals surface area contributed by atoms with E-state index in [9.17, 15) is 4.79 Å². The molecule has 1 aromatic carbocycles. The zero-order valence-electron chi connectivity index (χ0n) is 15.4. The molecule has 2 aromatic heterocycles. The van der Waals surface area contributed by atoms with Crippen LogP contribution in [-0.2, 0) is 6.42 Å². The van der Waals surface area contributed by atoms with Crippen molar-refractivity contribution in [1.82, 2.24) is 9.38 Å². The number of aromatic nitrogens is 2. The molecular formula is C21H25N3O2. The van der Waals surface area contributed by atoms with Crippen LogP contribution in [0.5, 0.6) is 5.75 Å². The quantitative estimate of drug-likeness (QED) is 0.598. The first kappa shape index (κ1) is 18.0. The van der Waals surface area contributed by atoms with Crippen molar-refractivity contribution in [3.63, 3.8) is 0 Å². The molecule has 1 amide bonds. The maximum atomic E-state index is 12.9. The number of nitrogens with one attached hydrogen (secondary N) is 1. The van der Waals surface area contributed by atoms with Crippen molar-refractivity contribution in [3.8, 4) is 5.75 Å². The van der Waals surface area contributed by atoms with Crippen molar-refractivity contribution in [2.75, 3.05) is 11.9 Å². The van der Waals surface area contributed by atoms with Gasteiger partial charge in [0.2, 0.25) is 0 Å². The number of ether oxygens (including phenoxy) is 1. The second kappa shape index (κ2) is 8.52. The summed E-state index contributed by atoms with van der Waals surface area (Å²) in [4.78, 5) is 17.5. The summed E-state index contributed by atoms with van der Waals surface area (Å²) in [6.45, 7) is 4.93. The summed E-state index contributed by atoms with van der Waals surface area (Å²) in [5.74, 6) is 0.671. The van der Waals surface area contributed by atoms with Gasteiger partial charge in [-0.1, -0.05) is 32.8 Å². The van der Waals surface area contributed by atoms with E-state index in [1.165, 1.54) is 0 Å². The van der Waals surface area contributed by atoms with Gasteiger partial charge in [0.15, 0.2) is 0 Å². The van der Waals surface area contributed by atoms with E-state index in [0.717, 1.165) is 48.5 Å². The Labute approximate surface area is 154 Å². The predicted molar refractivity (Wildman–Crippen MR) is 104 cm³/mol. The van der Waals surface area contributed by atoms with Crippen LogP contribution in [0.2, 0.25) is 0 Å². The molecule has 0 unspecified atom stereocenters. The number of aryl methyl sites for hydroxylation is 1. The lowest BCUT2D eigenvalue weighted by Crippen LogP contribution is -2.16. The van der Waals surface area contributed by atoms with E-state index < -0.39 is 0 Å². The molecule has 0 saturated carbocycles. The average Bonchev–Trinajstić information content (AvgIpc) is 3.02. The second-order valence-corrected chi connectivity index (χ2v) is 6.27. The van der Waals surface area contributed by atoms with Crippen molar-refractivity contribution in [2.24, 2.45) is 0 Å². The third kappa shape index (κ3) is 4.04. The van der Waals surface area contributed by atoms with Gasteiger partial charge in [0.25, 0.3) is 5.91 Å². The van der Waals surface area contributed by atoms with Crippen LogP contribution in [-0.4, -0.2) is 21.9 Å². The normalized spacial score (nSPS) is 10.8. The monoisotopic (exact) mass is 351 g/mol. The number of anilines is 1. The molecule has 26 heavy (non-hydrogen) atoms. The molecule has 3 aromatic rings. The van der Waals surface area contributed by atoms with Crippen LogP contribution in [0.1, 0.15) is 49.3 Å².